The number of carbonyl (C=O) groups is 1. The molecule has 1 saturated carbocycles. The Balaban J connectivity index is 1.75. The average molecular weight is 322 g/mol. The van der Waals surface area contributed by atoms with E-state index in [1.807, 2.05) is 35.2 Å². The quantitative estimate of drug-likeness (QED) is 0.834. The maximum atomic E-state index is 13.3. The van der Waals surface area contributed by atoms with Crippen LogP contribution in [0, 0.1) is 5.92 Å². The van der Waals surface area contributed by atoms with Crippen LogP contribution in [-0.4, -0.2) is 48.3 Å². The van der Waals surface area contributed by atoms with Crippen LogP contribution in [-0.2, 0) is 4.79 Å². The van der Waals surface area contributed by atoms with Crippen molar-refractivity contribution in [2.24, 2.45) is 5.92 Å². The second-order valence-corrected chi connectivity index (χ2v) is 6.85. The van der Waals surface area contributed by atoms with Gasteiger partial charge in [-0.05, 0) is 25.5 Å². The van der Waals surface area contributed by atoms with Crippen molar-refractivity contribution in [1.82, 2.24) is 9.80 Å². The number of alkyl halides is 2. The fourth-order valence-electron chi connectivity index (χ4n) is 3.67. The van der Waals surface area contributed by atoms with Gasteiger partial charge in [0.2, 0.25) is 11.8 Å². The van der Waals surface area contributed by atoms with Crippen molar-refractivity contribution in [2.45, 2.75) is 37.6 Å². The van der Waals surface area contributed by atoms with Crippen LogP contribution >= 0.6 is 0 Å². The lowest BCUT2D eigenvalue weighted by Crippen LogP contribution is -2.51. The van der Waals surface area contributed by atoms with Gasteiger partial charge in [0.1, 0.15) is 0 Å². The molecule has 1 aliphatic carbocycles. The lowest BCUT2D eigenvalue weighted by atomic mass is 9.85. The van der Waals surface area contributed by atoms with E-state index in [1.54, 1.807) is 0 Å². The van der Waals surface area contributed by atoms with Crippen LogP contribution in [0.3, 0.4) is 0 Å². The first kappa shape index (κ1) is 16.4. The van der Waals surface area contributed by atoms with Crippen molar-refractivity contribution in [3.05, 3.63) is 35.9 Å². The molecule has 1 aromatic carbocycles. The van der Waals surface area contributed by atoms with Gasteiger partial charge >= 0.3 is 0 Å². The smallest absolute Gasteiger partial charge is 0.248 e. The van der Waals surface area contributed by atoms with Crippen LogP contribution in [0.25, 0.3) is 0 Å². The van der Waals surface area contributed by atoms with Crippen molar-refractivity contribution in [3.63, 3.8) is 0 Å². The molecule has 23 heavy (non-hydrogen) atoms. The predicted molar refractivity (Wildman–Crippen MR) is 85.3 cm³/mol. The van der Waals surface area contributed by atoms with Crippen molar-refractivity contribution < 1.29 is 13.6 Å². The van der Waals surface area contributed by atoms with Gasteiger partial charge in [-0.3, -0.25) is 4.79 Å². The SMILES string of the molecule is CN1CCN(C(=O)C2CCC(F)(F)CC2)[C@@H](c2ccccc2)C1. The van der Waals surface area contributed by atoms with Gasteiger partial charge < -0.3 is 9.80 Å². The standard InChI is InChI=1S/C18H24F2N2O/c1-21-11-12-22(16(13-21)14-5-3-2-4-6-14)17(23)15-7-9-18(19,20)10-8-15/h2-6,15-16H,7-13H2,1H3/t16-/m1/s1. The number of amides is 1. The Hall–Kier alpha value is -1.49. The number of piperazine rings is 1. The second kappa shape index (κ2) is 6.56. The number of hydrogen-bond acceptors (Lipinski definition) is 2. The fraction of sp³-hybridized carbons (Fsp3) is 0.611. The van der Waals surface area contributed by atoms with Crippen LogP contribution in [0.4, 0.5) is 8.78 Å². The zero-order valence-electron chi connectivity index (χ0n) is 13.5. The van der Waals surface area contributed by atoms with E-state index in [4.69, 9.17) is 0 Å². The lowest BCUT2D eigenvalue weighted by Gasteiger charge is -2.42. The number of rotatable bonds is 2. The zero-order chi connectivity index (χ0) is 16.4. The molecule has 1 heterocycles. The Morgan fingerprint density at radius 1 is 1.13 bits per heavy atom. The Labute approximate surface area is 136 Å². The Morgan fingerprint density at radius 2 is 1.78 bits per heavy atom. The molecule has 126 valence electrons. The van der Waals surface area contributed by atoms with E-state index in [-0.39, 0.29) is 30.7 Å². The number of carbonyl (C=O) groups excluding carboxylic acids is 1. The monoisotopic (exact) mass is 322 g/mol. The van der Waals surface area contributed by atoms with Gasteiger partial charge in [0, 0.05) is 38.4 Å². The molecular weight excluding hydrogens is 298 g/mol. The van der Waals surface area contributed by atoms with Crippen molar-refractivity contribution in [3.8, 4) is 0 Å². The highest BCUT2D eigenvalue weighted by Crippen LogP contribution is 2.38. The molecule has 2 aliphatic rings. The molecule has 1 aromatic rings. The molecule has 1 atom stereocenters. The van der Waals surface area contributed by atoms with Crippen LogP contribution in [0.2, 0.25) is 0 Å². The van der Waals surface area contributed by atoms with Gasteiger partial charge in [-0.25, -0.2) is 8.78 Å². The Kier molecular flexibility index (Phi) is 4.67. The highest BCUT2D eigenvalue weighted by Gasteiger charge is 2.40. The summed E-state index contributed by atoms with van der Waals surface area (Å²) in [4.78, 5) is 17.1. The van der Waals surface area contributed by atoms with E-state index in [0.29, 0.717) is 19.4 Å². The maximum absolute atomic E-state index is 13.3. The molecule has 0 radical (unpaired) electrons. The Bertz CT molecular complexity index is 539. The third-order valence-corrected chi connectivity index (χ3v) is 5.12. The van der Waals surface area contributed by atoms with Crippen LogP contribution < -0.4 is 0 Å². The topological polar surface area (TPSA) is 23.6 Å². The van der Waals surface area contributed by atoms with E-state index < -0.39 is 5.92 Å². The first-order valence-electron chi connectivity index (χ1n) is 8.38. The summed E-state index contributed by atoms with van der Waals surface area (Å²) in [7, 11) is 2.05. The summed E-state index contributed by atoms with van der Waals surface area (Å²) < 4.78 is 26.7. The largest absolute Gasteiger partial charge is 0.333 e. The number of likely N-dealkylation sites (N-methyl/N-ethyl adjacent to an activating group) is 1. The van der Waals surface area contributed by atoms with Gasteiger partial charge in [-0.1, -0.05) is 30.3 Å². The summed E-state index contributed by atoms with van der Waals surface area (Å²) in [5, 5.41) is 0. The summed E-state index contributed by atoms with van der Waals surface area (Å²) in [6.45, 7) is 2.29. The fourth-order valence-corrected chi connectivity index (χ4v) is 3.67. The first-order chi connectivity index (χ1) is 11.0. The predicted octanol–water partition coefficient (Wildman–Crippen LogP) is 3.33. The lowest BCUT2D eigenvalue weighted by molar-refractivity contribution is -0.144. The second-order valence-electron chi connectivity index (χ2n) is 6.85. The zero-order valence-corrected chi connectivity index (χ0v) is 13.5. The number of halogens is 2. The van der Waals surface area contributed by atoms with Crippen LogP contribution in [0.1, 0.15) is 37.3 Å². The summed E-state index contributed by atoms with van der Waals surface area (Å²) in [6, 6.07) is 10.0. The van der Waals surface area contributed by atoms with Gasteiger partial charge in [-0.2, -0.15) is 0 Å². The summed E-state index contributed by atoms with van der Waals surface area (Å²) in [5.74, 6) is -2.77. The molecule has 0 spiro atoms. The molecule has 3 rings (SSSR count). The molecule has 0 unspecified atom stereocenters. The van der Waals surface area contributed by atoms with Gasteiger partial charge in [-0.15, -0.1) is 0 Å². The highest BCUT2D eigenvalue weighted by atomic mass is 19.3. The molecule has 1 amide bonds. The van der Waals surface area contributed by atoms with Gasteiger partial charge in [0.15, 0.2) is 0 Å². The number of nitrogens with zero attached hydrogens (tertiary/aromatic N) is 2. The molecule has 2 fully saturated rings. The van der Waals surface area contributed by atoms with Gasteiger partial charge in [0.25, 0.3) is 0 Å². The molecule has 3 nitrogen and oxygen atoms in total. The third-order valence-electron chi connectivity index (χ3n) is 5.12. The summed E-state index contributed by atoms with van der Waals surface area (Å²) in [5.41, 5.74) is 1.12. The summed E-state index contributed by atoms with van der Waals surface area (Å²) in [6.07, 6.45) is 0.291. The van der Waals surface area contributed by atoms with Crippen molar-refractivity contribution in [1.29, 1.82) is 0 Å². The molecule has 5 heteroatoms. The average Bonchev–Trinajstić information content (AvgIpc) is 2.55. The number of benzene rings is 1. The van der Waals surface area contributed by atoms with Crippen molar-refractivity contribution >= 4 is 5.91 Å². The normalized spacial score (nSPS) is 26.2. The minimum atomic E-state index is -2.59. The molecule has 1 aliphatic heterocycles. The molecule has 0 N–H and O–H groups in total. The summed E-state index contributed by atoms with van der Waals surface area (Å²) >= 11 is 0. The minimum Gasteiger partial charge on any atom is -0.333 e. The number of hydrogen-bond donors (Lipinski definition) is 0. The molecule has 0 bridgehead atoms. The van der Waals surface area contributed by atoms with E-state index >= 15 is 0 Å². The molecule has 1 saturated heterocycles. The Morgan fingerprint density at radius 3 is 2.43 bits per heavy atom. The van der Waals surface area contributed by atoms with E-state index in [0.717, 1.165) is 18.7 Å². The third kappa shape index (κ3) is 3.71. The molecular formula is C18H24F2N2O. The van der Waals surface area contributed by atoms with Gasteiger partial charge in [0.05, 0.1) is 6.04 Å². The van der Waals surface area contributed by atoms with E-state index in [1.165, 1.54) is 0 Å². The first-order valence-corrected chi connectivity index (χ1v) is 8.38. The van der Waals surface area contributed by atoms with Crippen LogP contribution in [0.15, 0.2) is 30.3 Å². The van der Waals surface area contributed by atoms with E-state index in [9.17, 15) is 13.6 Å². The van der Waals surface area contributed by atoms with Crippen molar-refractivity contribution in [2.75, 3.05) is 26.7 Å². The van der Waals surface area contributed by atoms with Crippen LogP contribution in [0.5, 0.6) is 0 Å². The van der Waals surface area contributed by atoms with E-state index in [2.05, 4.69) is 11.9 Å². The molecule has 0 aromatic heterocycles. The highest BCUT2D eigenvalue weighted by molar-refractivity contribution is 5.79. The maximum Gasteiger partial charge on any atom is 0.248 e. The minimum absolute atomic E-state index is 0.0184.